The van der Waals surface area contributed by atoms with Crippen LogP contribution in [0.4, 0.5) is 0 Å². The van der Waals surface area contributed by atoms with Crippen LogP contribution in [0, 0.1) is 0 Å². The van der Waals surface area contributed by atoms with Gasteiger partial charge in [-0.05, 0) is 106 Å². The van der Waals surface area contributed by atoms with Crippen molar-refractivity contribution in [1.82, 2.24) is 19.5 Å². The summed E-state index contributed by atoms with van der Waals surface area (Å²) in [5.74, 6) is 1.76. The van der Waals surface area contributed by atoms with Crippen LogP contribution in [0.3, 0.4) is 0 Å². The fourth-order valence-electron chi connectivity index (χ4n) is 10.3. The molecule has 11 rings (SSSR count). The molecule has 2 aliphatic rings. The number of rotatable bonds is 9. The summed E-state index contributed by atoms with van der Waals surface area (Å²) in [5.41, 5.74) is 17.5. The van der Waals surface area contributed by atoms with Crippen LogP contribution in [0.15, 0.2) is 225 Å². The molecule has 0 saturated heterocycles. The minimum Gasteiger partial charge on any atom is -0.309 e. The van der Waals surface area contributed by atoms with Gasteiger partial charge >= 0.3 is 0 Å². The Morgan fingerprint density at radius 2 is 1.16 bits per heavy atom. The molecule has 0 saturated carbocycles. The topological polar surface area (TPSA) is 43.6 Å². The maximum Gasteiger partial charge on any atom is 0.164 e. The SMILES string of the molecule is C=C/C=C(\C=C/C)c1nc(-c2ccccc2)nc(-c2cc(-c3ccccc3)cc(-n3c4ccccc4c4cc5c(cc43)C3(C(/C=C\C)=C5C=C)c4ccccc4-c4ccccc43)c2)n1. The Labute approximate surface area is 374 Å². The maximum absolute atomic E-state index is 5.21. The third-order valence-corrected chi connectivity index (χ3v) is 12.8. The van der Waals surface area contributed by atoms with E-state index in [4.69, 9.17) is 15.0 Å². The van der Waals surface area contributed by atoms with Crippen LogP contribution in [0.5, 0.6) is 0 Å². The predicted molar refractivity (Wildman–Crippen MR) is 267 cm³/mol. The number of hydrogen-bond donors (Lipinski definition) is 0. The number of allylic oxidation sites excluding steroid dienone is 10. The Morgan fingerprint density at radius 3 is 1.83 bits per heavy atom. The van der Waals surface area contributed by atoms with Gasteiger partial charge in [0, 0.05) is 33.2 Å². The van der Waals surface area contributed by atoms with E-state index in [1.165, 1.54) is 49.7 Å². The smallest absolute Gasteiger partial charge is 0.164 e. The first kappa shape index (κ1) is 38.7. The molecule has 0 fully saturated rings. The summed E-state index contributed by atoms with van der Waals surface area (Å²) in [6.07, 6.45) is 14.3. The summed E-state index contributed by atoms with van der Waals surface area (Å²) in [5, 5.41) is 2.35. The highest BCUT2D eigenvalue weighted by atomic mass is 15.0. The Hall–Kier alpha value is -8.21. The van der Waals surface area contributed by atoms with Crippen molar-refractivity contribution in [2.75, 3.05) is 0 Å². The normalized spacial score (nSPS) is 13.9. The van der Waals surface area contributed by atoms with E-state index in [1.807, 2.05) is 55.5 Å². The largest absolute Gasteiger partial charge is 0.309 e. The van der Waals surface area contributed by atoms with Gasteiger partial charge in [0.05, 0.1) is 16.4 Å². The van der Waals surface area contributed by atoms with Gasteiger partial charge in [-0.25, -0.2) is 15.0 Å². The second-order valence-corrected chi connectivity index (χ2v) is 16.3. The van der Waals surface area contributed by atoms with Crippen LogP contribution in [-0.4, -0.2) is 19.5 Å². The molecule has 2 aromatic heterocycles. The summed E-state index contributed by atoms with van der Waals surface area (Å²) >= 11 is 0. The van der Waals surface area contributed by atoms with Crippen molar-refractivity contribution in [2.45, 2.75) is 19.3 Å². The van der Waals surface area contributed by atoms with E-state index in [-0.39, 0.29) is 0 Å². The third kappa shape index (κ3) is 5.87. The van der Waals surface area contributed by atoms with Gasteiger partial charge in [0.2, 0.25) is 0 Å². The molecular weight excluding hydrogens is 777 g/mol. The number of aromatic nitrogens is 4. The first-order chi connectivity index (χ1) is 31.6. The molecule has 0 atom stereocenters. The highest BCUT2D eigenvalue weighted by Crippen LogP contribution is 2.63. The molecule has 0 N–H and O–H groups in total. The second kappa shape index (κ2) is 15.6. The summed E-state index contributed by atoms with van der Waals surface area (Å²) in [7, 11) is 0. The van der Waals surface area contributed by atoms with Crippen LogP contribution >= 0.6 is 0 Å². The molecule has 2 heterocycles. The molecular formula is C60H44N4. The maximum atomic E-state index is 5.21. The van der Waals surface area contributed by atoms with Crippen molar-refractivity contribution in [2.24, 2.45) is 0 Å². The molecule has 9 aromatic rings. The molecule has 0 amide bonds. The van der Waals surface area contributed by atoms with Gasteiger partial charge in [-0.2, -0.15) is 0 Å². The Balaban J connectivity index is 1.23. The average molecular weight is 821 g/mol. The Bertz CT molecular complexity index is 3440. The summed E-state index contributed by atoms with van der Waals surface area (Å²) in [4.78, 5) is 15.4. The fourth-order valence-corrected chi connectivity index (χ4v) is 10.3. The molecule has 4 heteroatoms. The van der Waals surface area contributed by atoms with Gasteiger partial charge < -0.3 is 4.57 Å². The molecule has 64 heavy (non-hydrogen) atoms. The van der Waals surface area contributed by atoms with E-state index in [0.717, 1.165) is 50.1 Å². The lowest BCUT2D eigenvalue weighted by Crippen LogP contribution is -2.26. The molecule has 0 aliphatic heterocycles. The third-order valence-electron chi connectivity index (χ3n) is 12.8. The van der Waals surface area contributed by atoms with Gasteiger partial charge in [-0.15, -0.1) is 0 Å². The number of para-hydroxylation sites is 1. The number of benzene rings is 7. The molecule has 0 bridgehead atoms. The molecule has 0 radical (unpaired) electrons. The summed E-state index contributed by atoms with van der Waals surface area (Å²) in [6, 6.07) is 59.0. The van der Waals surface area contributed by atoms with Crippen LogP contribution in [0.1, 0.15) is 41.9 Å². The van der Waals surface area contributed by atoms with Gasteiger partial charge in [0.15, 0.2) is 17.5 Å². The zero-order valence-electron chi connectivity index (χ0n) is 35.8. The highest BCUT2D eigenvalue weighted by molar-refractivity contribution is 6.12. The van der Waals surface area contributed by atoms with Crippen molar-refractivity contribution < 1.29 is 0 Å². The van der Waals surface area contributed by atoms with Crippen molar-refractivity contribution in [1.29, 1.82) is 0 Å². The lowest BCUT2D eigenvalue weighted by atomic mass is 9.69. The van der Waals surface area contributed by atoms with E-state index < -0.39 is 5.41 Å². The number of nitrogens with zero attached hydrogens (tertiary/aromatic N) is 4. The van der Waals surface area contributed by atoms with Crippen molar-refractivity contribution in [3.05, 3.63) is 253 Å². The molecule has 4 nitrogen and oxygen atoms in total. The number of hydrogen-bond acceptors (Lipinski definition) is 3. The molecule has 7 aromatic carbocycles. The van der Waals surface area contributed by atoms with Crippen LogP contribution in [0.25, 0.3) is 83.7 Å². The predicted octanol–water partition coefficient (Wildman–Crippen LogP) is 15.0. The average Bonchev–Trinajstić information content (AvgIpc) is 3.94. The molecule has 2 aliphatic carbocycles. The number of fused-ring (bicyclic) bond motifs is 10. The van der Waals surface area contributed by atoms with Gasteiger partial charge in [-0.3, -0.25) is 0 Å². The van der Waals surface area contributed by atoms with E-state index >= 15 is 0 Å². The summed E-state index contributed by atoms with van der Waals surface area (Å²) in [6.45, 7) is 12.6. The van der Waals surface area contributed by atoms with E-state index in [1.54, 1.807) is 6.08 Å². The van der Waals surface area contributed by atoms with E-state index in [2.05, 4.69) is 176 Å². The van der Waals surface area contributed by atoms with Crippen LogP contribution < -0.4 is 0 Å². The van der Waals surface area contributed by atoms with Gasteiger partial charge in [0.25, 0.3) is 0 Å². The van der Waals surface area contributed by atoms with Gasteiger partial charge in [-0.1, -0.05) is 183 Å². The minimum atomic E-state index is -0.538. The Morgan fingerprint density at radius 1 is 0.531 bits per heavy atom. The van der Waals surface area contributed by atoms with Gasteiger partial charge in [0.1, 0.15) is 0 Å². The van der Waals surface area contributed by atoms with Crippen LogP contribution in [-0.2, 0) is 5.41 Å². The molecule has 0 unspecified atom stereocenters. The van der Waals surface area contributed by atoms with Crippen molar-refractivity contribution >= 4 is 33.0 Å². The van der Waals surface area contributed by atoms with Crippen LogP contribution in [0.2, 0.25) is 0 Å². The van der Waals surface area contributed by atoms with Crippen molar-refractivity contribution in [3.8, 4) is 50.7 Å². The van der Waals surface area contributed by atoms with E-state index in [0.29, 0.717) is 17.5 Å². The highest BCUT2D eigenvalue weighted by Gasteiger charge is 2.52. The lowest BCUT2D eigenvalue weighted by molar-refractivity contribution is 0.786. The van der Waals surface area contributed by atoms with Crippen molar-refractivity contribution in [3.63, 3.8) is 0 Å². The standard InChI is InChI=1S/C60H44N4/c1-5-21-40(22-6-2)57-61-58(41-26-13-10-14-27-41)63-59(62-57)43-34-42(39-24-11-9-12-25-39)35-44(36-43)64-55-33-20-17-30-48(55)50-37-49-45(8-4)51(23-7-3)60(54(49)38-56(50)64)52-31-18-15-28-46(52)47-29-16-19-32-53(47)60/h5-38H,1,4H2,2-3H3/b22-6-,23-7-,40-21+. The van der Waals surface area contributed by atoms with E-state index in [9.17, 15) is 0 Å². The zero-order chi connectivity index (χ0) is 43.4. The minimum absolute atomic E-state index is 0.538. The fraction of sp³-hybridized carbons (Fsp3) is 0.0500. The first-order valence-corrected chi connectivity index (χ1v) is 21.8. The zero-order valence-corrected chi connectivity index (χ0v) is 35.8. The quantitative estimate of drug-likeness (QED) is 0.136. The molecule has 304 valence electrons. The first-order valence-electron chi connectivity index (χ1n) is 21.8. The second-order valence-electron chi connectivity index (χ2n) is 16.3. The summed E-state index contributed by atoms with van der Waals surface area (Å²) < 4.78 is 2.44. The monoisotopic (exact) mass is 820 g/mol. The molecule has 1 spiro atoms. The Kier molecular flexibility index (Phi) is 9.43. The lowest BCUT2D eigenvalue weighted by Gasteiger charge is -2.31.